The number of ether oxygens (including phenoxy) is 2. The number of benzene rings is 1. The van der Waals surface area contributed by atoms with Gasteiger partial charge < -0.3 is 19.9 Å². The van der Waals surface area contributed by atoms with Crippen LogP contribution in [0.25, 0.3) is 0 Å². The second-order valence-electron chi connectivity index (χ2n) is 4.42. The van der Waals surface area contributed by atoms with Crippen LogP contribution >= 0.6 is 11.6 Å². The average molecular weight is 312 g/mol. The normalized spacial score (nSPS) is 13.6. The first-order chi connectivity index (χ1) is 10.0. The topological polar surface area (TPSA) is 84.9 Å². The van der Waals surface area contributed by atoms with E-state index in [2.05, 4.69) is 11.9 Å². The molecule has 21 heavy (non-hydrogen) atoms. The fraction of sp³-hybridized carbons (Fsp3) is 0.286. The Morgan fingerprint density at radius 3 is 2.90 bits per heavy atom. The number of hydrogen-bond acceptors (Lipinski definition) is 4. The molecule has 1 aliphatic heterocycles. The van der Waals surface area contributed by atoms with Crippen LogP contribution in [0.4, 0.5) is 0 Å². The van der Waals surface area contributed by atoms with Gasteiger partial charge in [0.1, 0.15) is 6.04 Å². The Labute approximate surface area is 126 Å². The Kier molecular flexibility index (Phi) is 4.70. The zero-order valence-corrected chi connectivity index (χ0v) is 11.9. The van der Waals surface area contributed by atoms with E-state index in [0.717, 1.165) is 0 Å². The first-order valence-corrected chi connectivity index (χ1v) is 6.64. The highest BCUT2D eigenvalue weighted by Gasteiger charge is 2.24. The van der Waals surface area contributed by atoms with E-state index in [4.69, 9.17) is 26.2 Å². The first kappa shape index (κ1) is 15.2. The lowest BCUT2D eigenvalue weighted by Gasteiger charge is -2.14. The highest BCUT2D eigenvalue weighted by atomic mass is 35.5. The van der Waals surface area contributed by atoms with Gasteiger partial charge in [-0.2, -0.15) is 0 Å². The molecule has 1 aromatic rings. The van der Waals surface area contributed by atoms with E-state index in [9.17, 15) is 9.59 Å². The van der Waals surface area contributed by atoms with Crippen molar-refractivity contribution in [3.05, 3.63) is 35.4 Å². The molecule has 6 nitrogen and oxygen atoms in total. The molecule has 0 radical (unpaired) electrons. The van der Waals surface area contributed by atoms with Crippen molar-refractivity contribution >= 4 is 23.5 Å². The Hall–Kier alpha value is -2.21. The highest BCUT2D eigenvalue weighted by Crippen LogP contribution is 2.39. The van der Waals surface area contributed by atoms with Crippen LogP contribution in [0.15, 0.2) is 24.8 Å². The van der Waals surface area contributed by atoms with Gasteiger partial charge in [-0.25, -0.2) is 4.79 Å². The molecule has 2 N–H and O–H groups in total. The fourth-order valence-electron chi connectivity index (χ4n) is 1.88. The van der Waals surface area contributed by atoms with Crippen molar-refractivity contribution in [2.24, 2.45) is 0 Å². The molecule has 1 heterocycles. The van der Waals surface area contributed by atoms with Crippen molar-refractivity contribution in [2.45, 2.75) is 18.9 Å². The van der Waals surface area contributed by atoms with Crippen molar-refractivity contribution in [3.63, 3.8) is 0 Å². The van der Waals surface area contributed by atoms with Gasteiger partial charge in [-0.1, -0.05) is 17.7 Å². The predicted molar refractivity (Wildman–Crippen MR) is 75.9 cm³/mol. The van der Waals surface area contributed by atoms with Crippen molar-refractivity contribution in [1.82, 2.24) is 5.32 Å². The number of allylic oxidation sites excluding steroid dienone is 1. The Morgan fingerprint density at radius 1 is 1.48 bits per heavy atom. The quantitative estimate of drug-likeness (QED) is 0.787. The summed E-state index contributed by atoms with van der Waals surface area (Å²) in [6.45, 7) is 3.57. The van der Waals surface area contributed by atoms with Crippen LogP contribution in [0.1, 0.15) is 23.2 Å². The molecular weight excluding hydrogens is 298 g/mol. The second-order valence-corrected chi connectivity index (χ2v) is 4.83. The van der Waals surface area contributed by atoms with Gasteiger partial charge in [-0.15, -0.1) is 6.58 Å². The van der Waals surface area contributed by atoms with Gasteiger partial charge in [0.25, 0.3) is 5.91 Å². The summed E-state index contributed by atoms with van der Waals surface area (Å²) in [5.74, 6) is -0.885. The summed E-state index contributed by atoms with van der Waals surface area (Å²) in [7, 11) is 0. The highest BCUT2D eigenvalue weighted by molar-refractivity contribution is 6.32. The van der Waals surface area contributed by atoms with Gasteiger partial charge in [-0.3, -0.25) is 4.79 Å². The molecule has 7 heteroatoms. The van der Waals surface area contributed by atoms with Gasteiger partial charge >= 0.3 is 5.97 Å². The second kappa shape index (κ2) is 6.49. The minimum atomic E-state index is -1.10. The molecule has 0 saturated heterocycles. The lowest BCUT2D eigenvalue weighted by Crippen LogP contribution is -2.40. The van der Waals surface area contributed by atoms with Crippen molar-refractivity contribution in [1.29, 1.82) is 0 Å². The van der Waals surface area contributed by atoms with Crippen LogP contribution in [0.2, 0.25) is 5.02 Å². The van der Waals surface area contributed by atoms with Gasteiger partial charge in [0, 0.05) is 5.56 Å². The molecule has 1 aliphatic rings. The number of rotatable bonds is 6. The maximum absolute atomic E-state index is 12.1. The molecule has 0 aliphatic carbocycles. The number of amides is 1. The monoisotopic (exact) mass is 311 g/mol. The zero-order chi connectivity index (χ0) is 15.4. The number of carboxylic acids is 1. The van der Waals surface area contributed by atoms with E-state index in [1.165, 1.54) is 12.1 Å². The predicted octanol–water partition coefficient (Wildman–Crippen LogP) is 2.22. The van der Waals surface area contributed by atoms with Gasteiger partial charge in [0.05, 0.1) is 5.02 Å². The molecule has 0 spiro atoms. The van der Waals surface area contributed by atoms with Crippen LogP contribution in [-0.4, -0.2) is 29.8 Å². The molecular formula is C14H14ClNO5. The standard InChI is InChI=1S/C14H14ClNO5/c1-2-3-4-10(14(18)19)16-13(17)8-5-9(15)12-11(6-8)20-7-21-12/h2,5-6,10H,1,3-4,7H2,(H,16,17)(H,18,19). The van der Waals surface area contributed by atoms with Crippen LogP contribution in [0.3, 0.4) is 0 Å². The smallest absolute Gasteiger partial charge is 0.326 e. The van der Waals surface area contributed by atoms with Crippen LogP contribution in [0.5, 0.6) is 11.5 Å². The van der Waals surface area contributed by atoms with E-state index in [0.29, 0.717) is 17.9 Å². The number of fused-ring (bicyclic) bond motifs is 1. The summed E-state index contributed by atoms with van der Waals surface area (Å²) < 4.78 is 10.3. The number of nitrogens with one attached hydrogen (secondary N) is 1. The minimum Gasteiger partial charge on any atom is -0.480 e. The third-order valence-electron chi connectivity index (χ3n) is 2.95. The molecule has 112 valence electrons. The number of carbonyl (C=O) groups excluding carboxylic acids is 1. The van der Waals surface area contributed by atoms with E-state index >= 15 is 0 Å². The number of carboxylic acid groups (broad SMARTS) is 1. The molecule has 1 unspecified atom stereocenters. The SMILES string of the molecule is C=CCCC(NC(=O)c1cc(Cl)c2c(c1)OCO2)C(=O)O. The van der Waals surface area contributed by atoms with Gasteiger partial charge in [0.15, 0.2) is 11.5 Å². The lowest BCUT2D eigenvalue weighted by atomic mass is 10.1. The summed E-state index contributed by atoms with van der Waals surface area (Å²) >= 11 is 5.99. The molecule has 0 fully saturated rings. The zero-order valence-electron chi connectivity index (χ0n) is 11.1. The Balaban J connectivity index is 2.14. The third-order valence-corrected chi connectivity index (χ3v) is 3.23. The average Bonchev–Trinajstić information content (AvgIpc) is 2.91. The maximum Gasteiger partial charge on any atom is 0.326 e. The number of carbonyl (C=O) groups is 2. The lowest BCUT2D eigenvalue weighted by molar-refractivity contribution is -0.139. The van der Waals surface area contributed by atoms with Crippen molar-refractivity contribution in [3.8, 4) is 11.5 Å². The number of hydrogen-bond donors (Lipinski definition) is 2. The summed E-state index contributed by atoms with van der Waals surface area (Å²) in [6, 6.07) is 1.90. The van der Waals surface area contributed by atoms with E-state index < -0.39 is 17.9 Å². The molecule has 1 aromatic carbocycles. The minimum absolute atomic E-state index is 0.0389. The maximum atomic E-state index is 12.1. The van der Waals surface area contributed by atoms with E-state index in [-0.39, 0.29) is 23.8 Å². The molecule has 0 aromatic heterocycles. The van der Waals surface area contributed by atoms with Gasteiger partial charge in [-0.05, 0) is 25.0 Å². The third kappa shape index (κ3) is 3.46. The molecule has 2 rings (SSSR count). The van der Waals surface area contributed by atoms with Gasteiger partial charge in [0.2, 0.25) is 6.79 Å². The van der Waals surface area contributed by atoms with Crippen LogP contribution in [0, 0.1) is 0 Å². The largest absolute Gasteiger partial charge is 0.480 e. The molecule has 0 saturated carbocycles. The first-order valence-electron chi connectivity index (χ1n) is 6.26. The van der Waals surface area contributed by atoms with Crippen LogP contribution in [-0.2, 0) is 4.79 Å². The summed E-state index contributed by atoms with van der Waals surface area (Å²) in [5, 5.41) is 11.8. The Bertz CT molecular complexity index is 587. The van der Waals surface area contributed by atoms with Crippen molar-refractivity contribution in [2.75, 3.05) is 6.79 Å². The summed E-state index contributed by atoms with van der Waals surface area (Å²) in [6.07, 6.45) is 2.35. The summed E-state index contributed by atoms with van der Waals surface area (Å²) in [4.78, 5) is 23.2. The van der Waals surface area contributed by atoms with Crippen LogP contribution < -0.4 is 14.8 Å². The summed E-state index contributed by atoms with van der Waals surface area (Å²) in [5.41, 5.74) is 0.217. The number of halogens is 1. The molecule has 1 amide bonds. The van der Waals surface area contributed by atoms with E-state index in [1.54, 1.807) is 6.08 Å². The van der Waals surface area contributed by atoms with E-state index in [1.807, 2.05) is 0 Å². The Morgan fingerprint density at radius 2 is 2.24 bits per heavy atom. The molecule has 0 bridgehead atoms. The molecule has 1 atom stereocenters. The number of aliphatic carboxylic acids is 1. The fourth-order valence-corrected chi connectivity index (χ4v) is 2.15. The van der Waals surface area contributed by atoms with Crippen molar-refractivity contribution < 1.29 is 24.2 Å².